The van der Waals surface area contributed by atoms with Gasteiger partial charge in [0.05, 0.1) is 0 Å². The molecule has 1 amide bonds. The summed E-state index contributed by atoms with van der Waals surface area (Å²) in [4.78, 5) is 16.0. The van der Waals surface area contributed by atoms with Gasteiger partial charge in [-0.15, -0.1) is 0 Å². The number of nitrogens with two attached hydrogens (primary N) is 1. The van der Waals surface area contributed by atoms with Crippen molar-refractivity contribution < 1.29 is 9.18 Å². The quantitative estimate of drug-likeness (QED) is 0.677. The van der Waals surface area contributed by atoms with Crippen molar-refractivity contribution >= 4 is 5.91 Å². The van der Waals surface area contributed by atoms with E-state index in [4.69, 9.17) is 5.73 Å². The normalized spacial score (nSPS) is 18.6. The zero-order chi connectivity index (χ0) is 21.9. The van der Waals surface area contributed by atoms with Gasteiger partial charge in [0.25, 0.3) is 0 Å². The predicted molar refractivity (Wildman–Crippen MR) is 121 cm³/mol. The fourth-order valence-electron chi connectivity index (χ4n) is 3.96. The van der Waals surface area contributed by atoms with Crippen molar-refractivity contribution in [1.29, 1.82) is 0 Å². The number of benzene rings is 1. The van der Waals surface area contributed by atoms with Crippen LogP contribution in [0.4, 0.5) is 4.39 Å². The monoisotopic (exact) mass is 413 g/mol. The van der Waals surface area contributed by atoms with Gasteiger partial charge in [0.1, 0.15) is 5.82 Å². The van der Waals surface area contributed by atoms with Crippen molar-refractivity contribution in [1.82, 2.24) is 10.3 Å². The highest BCUT2D eigenvalue weighted by molar-refractivity contribution is 5.76. The Morgan fingerprint density at radius 3 is 2.70 bits per heavy atom. The summed E-state index contributed by atoms with van der Waals surface area (Å²) < 4.78 is 13.5. The van der Waals surface area contributed by atoms with Crippen LogP contribution >= 0.6 is 0 Å². The van der Waals surface area contributed by atoms with Crippen molar-refractivity contribution in [2.45, 2.75) is 83.7 Å². The minimum atomic E-state index is -0.195. The molecule has 0 bridgehead atoms. The first-order valence-corrected chi connectivity index (χ1v) is 11.2. The van der Waals surface area contributed by atoms with E-state index in [9.17, 15) is 9.18 Å². The molecule has 1 aromatic carbocycles. The number of amides is 1. The molecule has 3 rings (SSSR count). The van der Waals surface area contributed by atoms with E-state index in [0.717, 1.165) is 42.4 Å². The third-order valence-electron chi connectivity index (χ3n) is 5.74. The molecule has 3 unspecified atom stereocenters. The number of carbonyl (C=O) groups is 1. The zero-order valence-corrected chi connectivity index (χ0v) is 18.5. The summed E-state index contributed by atoms with van der Waals surface area (Å²) in [5.41, 5.74) is 8.91. The lowest BCUT2D eigenvalue weighted by Crippen LogP contribution is -2.42. The molecule has 2 aromatic rings. The summed E-state index contributed by atoms with van der Waals surface area (Å²) in [6.07, 6.45) is 10.0. The maximum absolute atomic E-state index is 13.5. The zero-order valence-electron chi connectivity index (χ0n) is 18.5. The van der Waals surface area contributed by atoms with E-state index in [1.807, 2.05) is 31.3 Å². The SMILES string of the molecule is CCC(=O)NC1CCc2cc(F)ccc2C1Cc1cccnc1.CCCC(N)CC. The fraction of sp³-hybridized carbons (Fsp3) is 0.520. The molecule has 0 spiro atoms. The first kappa shape index (κ1) is 24.0. The summed E-state index contributed by atoms with van der Waals surface area (Å²) in [6, 6.07) is 9.51. The number of nitrogens with one attached hydrogen (secondary N) is 1. The lowest BCUT2D eigenvalue weighted by Gasteiger charge is -2.34. The molecule has 1 aliphatic rings. The van der Waals surface area contributed by atoms with Crippen LogP contribution in [-0.4, -0.2) is 23.0 Å². The van der Waals surface area contributed by atoms with Crippen molar-refractivity contribution in [3.8, 4) is 0 Å². The number of carbonyl (C=O) groups excluding carboxylic acids is 1. The van der Waals surface area contributed by atoms with Gasteiger partial charge in [-0.1, -0.05) is 39.3 Å². The average Bonchev–Trinajstić information content (AvgIpc) is 2.76. The van der Waals surface area contributed by atoms with Crippen molar-refractivity contribution in [2.75, 3.05) is 0 Å². The highest BCUT2D eigenvalue weighted by Gasteiger charge is 2.30. The number of halogens is 1. The molecule has 1 aliphatic carbocycles. The third-order valence-corrected chi connectivity index (χ3v) is 5.74. The number of hydrogen-bond acceptors (Lipinski definition) is 3. The van der Waals surface area contributed by atoms with Crippen LogP contribution in [0.15, 0.2) is 42.7 Å². The minimum Gasteiger partial charge on any atom is -0.353 e. The molecule has 4 nitrogen and oxygen atoms in total. The number of fused-ring (bicyclic) bond motifs is 1. The Labute approximate surface area is 180 Å². The molecular weight excluding hydrogens is 377 g/mol. The standard InChI is InChI=1S/C19H21FN2O.C6H15N/c1-2-19(23)22-18-8-5-14-11-15(20)6-7-16(14)17(18)10-13-4-3-9-21-12-13;1-3-5-6(7)4-2/h3-4,6-7,9,11-12,17-18H,2,5,8,10H2,1H3,(H,22,23);6H,3-5,7H2,1-2H3. The van der Waals surface area contributed by atoms with Crippen molar-refractivity contribution in [3.63, 3.8) is 0 Å². The Bertz CT molecular complexity index is 781. The van der Waals surface area contributed by atoms with E-state index in [1.54, 1.807) is 12.3 Å². The van der Waals surface area contributed by atoms with Gasteiger partial charge < -0.3 is 11.1 Å². The van der Waals surface area contributed by atoms with Gasteiger partial charge in [0.15, 0.2) is 0 Å². The molecule has 164 valence electrons. The maximum atomic E-state index is 13.5. The van der Waals surface area contributed by atoms with Gasteiger partial charge in [-0.3, -0.25) is 9.78 Å². The molecule has 0 fully saturated rings. The fourth-order valence-corrected chi connectivity index (χ4v) is 3.96. The topological polar surface area (TPSA) is 68.0 Å². The highest BCUT2D eigenvalue weighted by Crippen LogP contribution is 2.35. The number of nitrogens with zero attached hydrogens (tertiary/aromatic N) is 1. The van der Waals surface area contributed by atoms with Crippen LogP contribution in [0, 0.1) is 5.82 Å². The Morgan fingerprint density at radius 2 is 2.10 bits per heavy atom. The Morgan fingerprint density at radius 1 is 1.30 bits per heavy atom. The number of aromatic nitrogens is 1. The molecular formula is C25H36FN3O. The van der Waals surface area contributed by atoms with Gasteiger partial charge in [0, 0.05) is 36.8 Å². The van der Waals surface area contributed by atoms with Crippen LogP contribution in [0.5, 0.6) is 0 Å². The number of aryl methyl sites for hydroxylation is 1. The molecule has 30 heavy (non-hydrogen) atoms. The Kier molecular flexibility index (Phi) is 9.95. The lowest BCUT2D eigenvalue weighted by molar-refractivity contribution is -0.121. The predicted octanol–water partition coefficient (Wildman–Crippen LogP) is 4.91. The third kappa shape index (κ3) is 7.21. The number of pyridine rings is 1. The Hall–Kier alpha value is -2.27. The van der Waals surface area contributed by atoms with E-state index < -0.39 is 0 Å². The molecule has 1 aromatic heterocycles. The van der Waals surface area contributed by atoms with Gasteiger partial charge in [-0.2, -0.15) is 0 Å². The van der Waals surface area contributed by atoms with Gasteiger partial charge in [-0.25, -0.2) is 4.39 Å². The summed E-state index contributed by atoms with van der Waals surface area (Å²) in [5, 5.41) is 3.14. The van der Waals surface area contributed by atoms with Crippen LogP contribution in [0.3, 0.4) is 0 Å². The van der Waals surface area contributed by atoms with E-state index in [1.165, 1.54) is 18.9 Å². The minimum absolute atomic E-state index is 0.0664. The molecule has 0 aliphatic heterocycles. The number of hydrogen-bond donors (Lipinski definition) is 2. The second-order valence-electron chi connectivity index (χ2n) is 8.04. The maximum Gasteiger partial charge on any atom is 0.219 e. The largest absolute Gasteiger partial charge is 0.353 e. The van der Waals surface area contributed by atoms with Gasteiger partial charge >= 0.3 is 0 Å². The van der Waals surface area contributed by atoms with E-state index in [0.29, 0.717) is 12.5 Å². The lowest BCUT2D eigenvalue weighted by atomic mass is 9.76. The van der Waals surface area contributed by atoms with Gasteiger partial charge in [0.2, 0.25) is 5.91 Å². The first-order chi connectivity index (χ1) is 14.5. The molecule has 0 radical (unpaired) electrons. The smallest absolute Gasteiger partial charge is 0.219 e. The van der Waals surface area contributed by atoms with Crippen LogP contribution in [-0.2, 0) is 17.6 Å². The second kappa shape index (κ2) is 12.4. The summed E-state index contributed by atoms with van der Waals surface area (Å²) >= 11 is 0. The molecule has 0 saturated carbocycles. The summed E-state index contributed by atoms with van der Waals surface area (Å²) in [7, 11) is 0. The number of rotatable bonds is 7. The second-order valence-corrected chi connectivity index (χ2v) is 8.04. The molecule has 0 saturated heterocycles. The Balaban J connectivity index is 0.000000396. The van der Waals surface area contributed by atoms with Crippen LogP contribution in [0.25, 0.3) is 0 Å². The molecule has 3 atom stereocenters. The summed E-state index contributed by atoms with van der Waals surface area (Å²) in [6.45, 7) is 6.15. The molecule has 5 heteroatoms. The van der Waals surface area contributed by atoms with Crippen molar-refractivity contribution in [3.05, 3.63) is 65.2 Å². The molecule has 1 heterocycles. The van der Waals surface area contributed by atoms with Crippen LogP contribution in [0.2, 0.25) is 0 Å². The summed E-state index contributed by atoms with van der Waals surface area (Å²) in [5.74, 6) is 0.0238. The van der Waals surface area contributed by atoms with Crippen molar-refractivity contribution in [2.24, 2.45) is 5.73 Å². The van der Waals surface area contributed by atoms with Gasteiger partial charge in [-0.05, 0) is 67.0 Å². The van der Waals surface area contributed by atoms with E-state index in [2.05, 4.69) is 24.1 Å². The van der Waals surface area contributed by atoms with E-state index in [-0.39, 0.29) is 23.7 Å². The first-order valence-electron chi connectivity index (χ1n) is 11.2. The average molecular weight is 414 g/mol. The van der Waals surface area contributed by atoms with Crippen LogP contribution in [0.1, 0.15) is 75.5 Å². The molecule has 3 N–H and O–H groups in total. The van der Waals surface area contributed by atoms with E-state index >= 15 is 0 Å². The highest BCUT2D eigenvalue weighted by atomic mass is 19.1. The van der Waals surface area contributed by atoms with Crippen LogP contribution < -0.4 is 11.1 Å².